The van der Waals surface area contributed by atoms with E-state index < -0.39 is 10.0 Å². The number of nitrogens with zero attached hydrogens (tertiary/aromatic N) is 1. The molecule has 3 nitrogen and oxygen atoms in total. The summed E-state index contributed by atoms with van der Waals surface area (Å²) in [6, 6.07) is 3.71. The van der Waals surface area contributed by atoms with Crippen molar-refractivity contribution in [2.45, 2.75) is 35.9 Å². The van der Waals surface area contributed by atoms with E-state index in [2.05, 4.69) is 15.9 Å². The fourth-order valence-corrected chi connectivity index (χ4v) is 5.01. The summed E-state index contributed by atoms with van der Waals surface area (Å²) in [5, 5.41) is 2.66. The van der Waals surface area contributed by atoms with Gasteiger partial charge in [-0.25, -0.2) is 8.42 Å². The van der Waals surface area contributed by atoms with Crippen LogP contribution in [0.1, 0.15) is 25.7 Å². The van der Waals surface area contributed by atoms with Crippen LogP contribution in [0.5, 0.6) is 0 Å². The van der Waals surface area contributed by atoms with E-state index in [0.717, 1.165) is 31.0 Å². The second-order valence-corrected chi connectivity index (χ2v) is 8.03. The zero-order valence-electron chi connectivity index (χ0n) is 9.51. The second kappa shape index (κ2) is 5.82. The van der Waals surface area contributed by atoms with E-state index in [0.29, 0.717) is 10.8 Å². The van der Waals surface area contributed by atoms with Gasteiger partial charge in [0.25, 0.3) is 10.0 Å². The van der Waals surface area contributed by atoms with Crippen LogP contribution in [0.15, 0.2) is 21.7 Å². The van der Waals surface area contributed by atoms with Gasteiger partial charge >= 0.3 is 0 Å². The molecule has 0 unspecified atom stereocenters. The molecule has 0 aromatic carbocycles. The molecule has 0 radical (unpaired) electrons. The molecule has 1 aromatic heterocycles. The number of alkyl halides is 1. The molecule has 0 bridgehead atoms. The van der Waals surface area contributed by atoms with Gasteiger partial charge in [-0.1, -0.05) is 28.4 Å². The van der Waals surface area contributed by atoms with Crippen LogP contribution in [0.4, 0.5) is 0 Å². The Labute approximate surface area is 115 Å². The van der Waals surface area contributed by atoms with Gasteiger partial charge in [0.1, 0.15) is 4.21 Å². The third-order valence-corrected chi connectivity index (χ3v) is 6.94. The minimum atomic E-state index is -3.26. The van der Waals surface area contributed by atoms with Crippen LogP contribution in [0.25, 0.3) is 0 Å². The maximum Gasteiger partial charge on any atom is 0.252 e. The molecule has 1 heterocycles. The van der Waals surface area contributed by atoms with E-state index in [1.54, 1.807) is 16.4 Å². The summed E-state index contributed by atoms with van der Waals surface area (Å²) < 4.78 is 27.1. The largest absolute Gasteiger partial charge is 0.252 e. The lowest BCUT2D eigenvalue weighted by Gasteiger charge is -2.36. The lowest BCUT2D eigenvalue weighted by Crippen LogP contribution is -2.44. The molecule has 0 saturated heterocycles. The van der Waals surface area contributed by atoms with Crippen LogP contribution < -0.4 is 0 Å². The molecule has 1 aliphatic carbocycles. The zero-order valence-corrected chi connectivity index (χ0v) is 12.7. The van der Waals surface area contributed by atoms with Gasteiger partial charge in [0.05, 0.1) is 0 Å². The van der Waals surface area contributed by atoms with Crippen molar-refractivity contribution in [2.75, 3.05) is 11.9 Å². The average molecular weight is 338 g/mol. The maximum atomic E-state index is 12.5. The van der Waals surface area contributed by atoms with E-state index in [1.165, 1.54) is 11.3 Å². The maximum absolute atomic E-state index is 12.5. The minimum Gasteiger partial charge on any atom is -0.206 e. The SMILES string of the molecule is O=S(=O)(c1cccs1)N(CCCBr)C1CCC1. The van der Waals surface area contributed by atoms with Gasteiger partial charge in [-0.3, -0.25) is 0 Å². The standard InChI is InChI=1S/C11H16BrNO2S2/c12-7-3-8-13(10-4-1-5-10)17(14,15)11-6-2-9-16-11/h2,6,9-10H,1,3-5,7-8H2. The fraction of sp³-hybridized carbons (Fsp3) is 0.636. The number of halogens is 1. The highest BCUT2D eigenvalue weighted by molar-refractivity contribution is 9.09. The van der Waals surface area contributed by atoms with Crippen molar-refractivity contribution in [2.24, 2.45) is 0 Å². The molecule has 0 aliphatic heterocycles. The Morgan fingerprint density at radius 2 is 2.24 bits per heavy atom. The Bertz CT molecular complexity index is 440. The molecule has 0 spiro atoms. The van der Waals surface area contributed by atoms with E-state index in [1.807, 2.05) is 5.38 Å². The molecular weight excluding hydrogens is 322 g/mol. The second-order valence-electron chi connectivity index (χ2n) is 4.18. The van der Waals surface area contributed by atoms with Gasteiger partial charge in [0.15, 0.2) is 0 Å². The summed E-state index contributed by atoms with van der Waals surface area (Å²) in [4.78, 5) is 0. The van der Waals surface area contributed by atoms with Crippen molar-refractivity contribution >= 4 is 37.3 Å². The molecule has 2 rings (SSSR count). The Morgan fingerprint density at radius 1 is 1.47 bits per heavy atom. The first-order valence-electron chi connectivity index (χ1n) is 5.77. The molecule has 0 N–H and O–H groups in total. The summed E-state index contributed by atoms with van der Waals surface area (Å²) in [6.45, 7) is 0.621. The predicted molar refractivity (Wildman–Crippen MR) is 74.3 cm³/mol. The van der Waals surface area contributed by atoms with Crippen molar-refractivity contribution in [3.05, 3.63) is 17.5 Å². The summed E-state index contributed by atoms with van der Waals surface area (Å²) in [5.41, 5.74) is 0. The molecular formula is C11H16BrNO2S2. The molecule has 1 aliphatic rings. The van der Waals surface area contributed by atoms with Crippen molar-refractivity contribution in [1.29, 1.82) is 0 Å². The summed E-state index contributed by atoms with van der Waals surface area (Å²) >= 11 is 4.67. The summed E-state index contributed by atoms with van der Waals surface area (Å²) in [7, 11) is -3.26. The van der Waals surface area contributed by atoms with E-state index in [9.17, 15) is 8.42 Å². The highest BCUT2D eigenvalue weighted by Gasteiger charge is 2.34. The predicted octanol–water partition coefficient (Wildman–Crippen LogP) is 3.08. The van der Waals surface area contributed by atoms with Crippen LogP contribution in [0.3, 0.4) is 0 Å². The van der Waals surface area contributed by atoms with E-state index >= 15 is 0 Å². The topological polar surface area (TPSA) is 37.4 Å². The van der Waals surface area contributed by atoms with Crippen LogP contribution in [-0.2, 0) is 10.0 Å². The monoisotopic (exact) mass is 337 g/mol. The third kappa shape index (κ3) is 2.92. The highest BCUT2D eigenvalue weighted by Crippen LogP contribution is 2.31. The molecule has 6 heteroatoms. The quantitative estimate of drug-likeness (QED) is 0.748. The number of sulfonamides is 1. The van der Waals surface area contributed by atoms with Gasteiger partial charge in [-0.05, 0) is 30.7 Å². The van der Waals surface area contributed by atoms with E-state index in [4.69, 9.17) is 0 Å². The Balaban J connectivity index is 2.19. The van der Waals surface area contributed by atoms with Gasteiger partial charge in [0, 0.05) is 17.9 Å². The van der Waals surface area contributed by atoms with Crippen molar-refractivity contribution in [3.8, 4) is 0 Å². The smallest absolute Gasteiger partial charge is 0.206 e. The Morgan fingerprint density at radius 3 is 2.71 bits per heavy atom. The summed E-state index contributed by atoms with van der Waals surface area (Å²) in [6.07, 6.45) is 4.02. The minimum absolute atomic E-state index is 0.223. The first kappa shape index (κ1) is 13.5. The average Bonchev–Trinajstić information content (AvgIpc) is 2.74. The molecule has 0 atom stereocenters. The number of rotatable bonds is 6. The van der Waals surface area contributed by atoms with Gasteiger partial charge in [-0.2, -0.15) is 4.31 Å². The lowest BCUT2D eigenvalue weighted by atomic mass is 9.93. The van der Waals surface area contributed by atoms with Gasteiger partial charge < -0.3 is 0 Å². The van der Waals surface area contributed by atoms with Crippen LogP contribution in [0.2, 0.25) is 0 Å². The number of hydrogen-bond donors (Lipinski definition) is 0. The fourth-order valence-electron chi connectivity index (χ4n) is 1.92. The normalized spacial score (nSPS) is 17.3. The van der Waals surface area contributed by atoms with Crippen molar-refractivity contribution in [1.82, 2.24) is 4.31 Å². The Kier molecular flexibility index (Phi) is 4.63. The van der Waals surface area contributed by atoms with Crippen LogP contribution in [-0.4, -0.2) is 30.6 Å². The molecule has 1 saturated carbocycles. The molecule has 0 amide bonds. The van der Waals surface area contributed by atoms with Crippen molar-refractivity contribution < 1.29 is 8.42 Å². The lowest BCUT2D eigenvalue weighted by molar-refractivity contribution is 0.220. The summed E-state index contributed by atoms with van der Waals surface area (Å²) in [5.74, 6) is 0. The van der Waals surface area contributed by atoms with Crippen molar-refractivity contribution in [3.63, 3.8) is 0 Å². The molecule has 1 fully saturated rings. The van der Waals surface area contributed by atoms with Gasteiger partial charge in [-0.15, -0.1) is 11.3 Å². The molecule has 96 valence electrons. The zero-order chi connectivity index (χ0) is 12.3. The third-order valence-electron chi connectivity index (χ3n) is 3.05. The Hall–Kier alpha value is 0.0900. The van der Waals surface area contributed by atoms with Gasteiger partial charge in [0.2, 0.25) is 0 Å². The molecule has 1 aromatic rings. The van der Waals surface area contributed by atoms with Crippen LogP contribution in [0, 0.1) is 0 Å². The van der Waals surface area contributed by atoms with E-state index in [-0.39, 0.29) is 6.04 Å². The molecule has 17 heavy (non-hydrogen) atoms. The highest BCUT2D eigenvalue weighted by atomic mass is 79.9. The first-order valence-corrected chi connectivity index (χ1v) is 9.21. The number of hydrogen-bond acceptors (Lipinski definition) is 3. The van der Waals surface area contributed by atoms with Crippen LogP contribution >= 0.6 is 27.3 Å². The first-order chi connectivity index (χ1) is 8.16. The number of thiophene rings is 1.